The van der Waals surface area contributed by atoms with Gasteiger partial charge in [-0.2, -0.15) is 0 Å². The van der Waals surface area contributed by atoms with Gasteiger partial charge in [0, 0.05) is 19.6 Å². The first kappa shape index (κ1) is 15.8. The molecule has 0 aromatic rings. The quantitative estimate of drug-likeness (QED) is 0.859. The number of carbonyl (C=O) groups is 1. The third-order valence-corrected chi connectivity index (χ3v) is 4.57. The average Bonchev–Trinajstić information content (AvgIpc) is 2.66. The van der Waals surface area contributed by atoms with Gasteiger partial charge in [0.1, 0.15) is 0 Å². The molecule has 1 amide bonds. The van der Waals surface area contributed by atoms with E-state index in [0.29, 0.717) is 5.92 Å². The maximum Gasteiger partial charge on any atom is 0.242 e. The summed E-state index contributed by atoms with van der Waals surface area (Å²) in [4.78, 5) is 16.9. The average molecular weight is 281 g/mol. The van der Waals surface area contributed by atoms with Crippen molar-refractivity contribution in [3.05, 3.63) is 0 Å². The molecule has 2 saturated heterocycles. The normalized spacial score (nSPS) is 26.4. The first-order valence-electron chi connectivity index (χ1n) is 8.27. The van der Waals surface area contributed by atoms with E-state index in [0.717, 1.165) is 26.1 Å². The topological polar surface area (TPSA) is 49.6 Å². The van der Waals surface area contributed by atoms with Crippen LogP contribution in [0, 0.1) is 5.92 Å². The number of likely N-dealkylation sites (tertiary alicyclic amines) is 2. The first-order valence-corrected chi connectivity index (χ1v) is 8.27. The molecule has 2 aliphatic rings. The minimum atomic E-state index is -0.732. The van der Waals surface area contributed by atoms with Crippen LogP contribution < -0.4 is 5.73 Å². The lowest BCUT2D eigenvalue weighted by Gasteiger charge is -2.38. The van der Waals surface area contributed by atoms with E-state index in [2.05, 4.69) is 4.90 Å². The predicted molar refractivity (Wildman–Crippen MR) is 82.5 cm³/mol. The molecule has 4 heteroatoms. The summed E-state index contributed by atoms with van der Waals surface area (Å²) in [5, 5.41) is 0. The second-order valence-electron chi connectivity index (χ2n) is 7.20. The minimum absolute atomic E-state index is 0.109. The van der Waals surface area contributed by atoms with Crippen LogP contribution in [-0.4, -0.2) is 54.0 Å². The number of nitrogens with zero attached hydrogens (tertiary/aromatic N) is 2. The van der Waals surface area contributed by atoms with Crippen molar-refractivity contribution in [1.29, 1.82) is 0 Å². The van der Waals surface area contributed by atoms with Gasteiger partial charge in [0.2, 0.25) is 5.91 Å². The summed E-state index contributed by atoms with van der Waals surface area (Å²) in [5.41, 5.74) is 5.23. The Morgan fingerprint density at radius 3 is 2.35 bits per heavy atom. The van der Waals surface area contributed by atoms with Gasteiger partial charge in [-0.25, -0.2) is 0 Å². The fourth-order valence-electron chi connectivity index (χ4n) is 3.49. The Morgan fingerprint density at radius 2 is 1.75 bits per heavy atom. The Morgan fingerprint density at radius 1 is 1.10 bits per heavy atom. The molecule has 2 heterocycles. The van der Waals surface area contributed by atoms with Gasteiger partial charge in [-0.3, -0.25) is 4.79 Å². The molecular formula is C16H31N3O. The first-order chi connectivity index (χ1) is 9.47. The summed E-state index contributed by atoms with van der Waals surface area (Å²) in [6.07, 6.45) is 7.82. The van der Waals surface area contributed by atoms with Gasteiger partial charge in [0.15, 0.2) is 0 Å². The molecule has 2 N–H and O–H groups in total. The third kappa shape index (κ3) is 4.45. The Bertz CT molecular complexity index is 316. The SMILES string of the molecule is CC(C)(N)C(=O)N1CCCC(CN2CCCCCC2)C1. The number of piperidine rings is 1. The predicted octanol–water partition coefficient (Wildman–Crippen LogP) is 1.84. The number of rotatable bonds is 3. The van der Waals surface area contributed by atoms with Gasteiger partial charge < -0.3 is 15.5 Å². The van der Waals surface area contributed by atoms with Crippen LogP contribution in [0.1, 0.15) is 52.4 Å². The van der Waals surface area contributed by atoms with E-state index < -0.39 is 5.54 Å². The maximum absolute atomic E-state index is 12.3. The van der Waals surface area contributed by atoms with E-state index in [9.17, 15) is 4.79 Å². The van der Waals surface area contributed by atoms with E-state index in [1.54, 1.807) is 0 Å². The molecule has 2 aliphatic heterocycles. The lowest BCUT2D eigenvalue weighted by Crippen LogP contribution is -2.54. The molecule has 2 rings (SSSR count). The summed E-state index contributed by atoms with van der Waals surface area (Å²) < 4.78 is 0. The van der Waals surface area contributed by atoms with E-state index in [1.807, 2.05) is 18.7 Å². The zero-order valence-corrected chi connectivity index (χ0v) is 13.2. The highest BCUT2D eigenvalue weighted by molar-refractivity contribution is 5.85. The number of hydrogen-bond acceptors (Lipinski definition) is 3. The minimum Gasteiger partial charge on any atom is -0.341 e. The van der Waals surface area contributed by atoms with Crippen molar-refractivity contribution < 1.29 is 4.79 Å². The second-order valence-corrected chi connectivity index (χ2v) is 7.20. The molecule has 0 aromatic heterocycles. The maximum atomic E-state index is 12.3. The van der Waals surface area contributed by atoms with Crippen molar-refractivity contribution in [1.82, 2.24) is 9.80 Å². The number of hydrogen-bond donors (Lipinski definition) is 1. The number of carbonyl (C=O) groups excluding carboxylic acids is 1. The molecule has 0 aliphatic carbocycles. The van der Waals surface area contributed by atoms with Crippen LogP contribution in [0.2, 0.25) is 0 Å². The summed E-state index contributed by atoms with van der Waals surface area (Å²) in [6, 6.07) is 0. The van der Waals surface area contributed by atoms with E-state index in [-0.39, 0.29) is 5.91 Å². The van der Waals surface area contributed by atoms with Crippen molar-refractivity contribution in [2.75, 3.05) is 32.7 Å². The summed E-state index contributed by atoms with van der Waals surface area (Å²) in [7, 11) is 0. The molecule has 2 fully saturated rings. The van der Waals surface area contributed by atoms with Crippen molar-refractivity contribution in [3.8, 4) is 0 Å². The van der Waals surface area contributed by atoms with Gasteiger partial charge in [-0.15, -0.1) is 0 Å². The standard InChI is InChI=1S/C16H31N3O/c1-16(2,17)15(20)19-11-7-8-14(13-19)12-18-9-5-3-4-6-10-18/h14H,3-13,17H2,1-2H3. The molecule has 4 nitrogen and oxygen atoms in total. The van der Waals surface area contributed by atoms with Gasteiger partial charge in [-0.1, -0.05) is 12.8 Å². The molecule has 1 unspecified atom stereocenters. The van der Waals surface area contributed by atoms with Gasteiger partial charge >= 0.3 is 0 Å². The molecule has 0 saturated carbocycles. The zero-order chi connectivity index (χ0) is 14.6. The van der Waals surface area contributed by atoms with Gasteiger partial charge in [-0.05, 0) is 58.5 Å². The molecule has 20 heavy (non-hydrogen) atoms. The van der Waals surface area contributed by atoms with Crippen LogP contribution in [0.15, 0.2) is 0 Å². The van der Waals surface area contributed by atoms with E-state index in [1.165, 1.54) is 45.2 Å². The number of nitrogens with two attached hydrogens (primary N) is 1. The Hall–Kier alpha value is -0.610. The van der Waals surface area contributed by atoms with E-state index in [4.69, 9.17) is 5.73 Å². The fraction of sp³-hybridized carbons (Fsp3) is 0.938. The Labute approximate surface area is 123 Å². The highest BCUT2D eigenvalue weighted by Gasteiger charge is 2.31. The third-order valence-electron chi connectivity index (χ3n) is 4.57. The van der Waals surface area contributed by atoms with Crippen molar-refractivity contribution in [3.63, 3.8) is 0 Å². The lowest BCUT2D eigenvalue weighted by molar-refractivity contribution is -0.137. The monoisotopic (exact) mass is 281 g/mol. The number of amides is 1. The zero-order valence-electron chi connectivity index (χ0n) is 13.2. The molecule has 0 aromatic carbocycles. The Kier molecular flexibility index (Phi) is 5.44. The van der Waals surface area contributed by atoms with Crippen molar-refractivity contribution in [2.45, 2.75) is 57.9 Å². The smallest absolute Gasteiger partial charge is 0.242 e. The van der Waals surface area contributed by atoms with Crippen LogP contribution >= 0.6 is 0 Å². The highest BCUT2D eigenvalue weighted by Crippen LogP contribution is 2.21. The molecule has 0 bridgehead atoms. The molecule has 1 atom stereocenters. The lowest BCUT2D eigenvalue weighted by atomic mass is 9.95. The van der Waals surface area contributed by atoms with Crippen LogP contribution in [0.3, 0.4) is 0 Å². The second kappa shape index (κ2) is 6.90. The van der Waals surface area contributed by atoms with Crippen molar-refractivity contribution >= 4 is 5.91 Å². The largest absolute Gasteiger partial charge is 0.341 e. The highest BCUT2D eigenvalue weighted by atomic mass is 16.2. The van der Waals surface area contributed by atoms with E-state index >= 15 is 0 Å². The summed E-state index contributed by atoms with van der Waals surface area (Å²) in [6.45, 7) is 9.06. The van der Waals surface area contributed by atoms with Crippen molar-refractivity contribution in [2.24, 2.45) is 11.7 Å². The van der Waals surface area contributed by atoms with Crippen LogP contribution in [0.25, 0.3) is 0 Å². The Balaban J connectivity index is 1.85. The van der Waals surface area contributed by atoms with Crippen LogP contribution in [-0.2, 0) is 4.79 Å². The summed E-state index contributed by atoms with van der Waals surface area (Å²) >= 11 is 0. The summed E-state index contributed by atoms with van der Waals surface area (Å²) in [5.74, 6) is 0.742. The van der Waals surface area contributed by atoms with Crippen LogP contribution in [0.4, 0.5) is 0 Å². The van der Waals surface area contributed by atoms with Gasteiger partial charge in [0.05, 0.1) is 5.54 Å². The molecule has 0 radical (unpaired) electrons. The molecular weight excluding hydrogens is 250 g/mol. The van der Waals surface area contributed by atoms with Gasteiger partial charge in [0.25, 0.3) is 0 Å². The molecule has 116 valence electrons. The van der Waals surface area contributed by atoms with Crippen LogP contribution in [0.5, 0.6) is 0 Å². The molecule has 0 spiro atoms. The fourth-order valence-corrected chi connectivity index (χ4v) is 3.49.